The lowest BCUT2D eigenvalue weighted by Crippen LogP contribution is -2.45. The minimum absolute atomic E-state index is 0.0217. The molecule has 4 unspecified atom stereocenters. The number of hydrogen-bond donors (Lipinski definition) is 1. The second kappa shape index (κ2) is 6.87. The molecule has 4 heterocycles. The number of fused-ring (bicyclic) bond motifs is 1. The van der Waals surface area contributed by atoms with Crippen molar-refractivity contribution in [3.8, 4) is 11.4 Å². The number of pyridine rings is 1. The number of carbonyl (C=O) groups is 1. The SMILES string of the molecule is COCC(=O)NC1COC2C1OCC2n1cc(-c2ccccn2)nn1. The molecule has 2 aromatic rings. The number of rotatable bonds is 5. The van der Waals surface area contributed by atoms with Crippen LogP contribution in [0.1, 0.15) is 6.04 Å². The molecule has 1 amide bonds. The van der Waals surface area contributed by atoms with Crippen molar-refractivity contribution in [2.75, 3.05) is 26.9 Å². The molecule has 25 heavy (non-hydrogen) atoms. The number of methoxy groups -OCH3 is 1. The number of nitrogens with zero attached hydrogens (tertiary/aromatic N) is 4. The van der Waals surface area contributed by atoms with Gasteiger partial charge in [-0.2, -0.15) is 0 Å². The van der Waals surface area contributed by atoms with E-state index in [0.717, 1.165) is 5.69 Å². The average molecular weight is 345 g/mol. The Kier molecular flexibility index (Phi) is 4.43. The fourth-order valence-corrected chi connectivity index (χ4v) is 3.28. The third-order valence-corrected chi connectivity index (χ3v) is 4.43. The van der Waals surface area contributed by atoms with Crippen LogP contribution in [0.3, 0.4) is 0 Å². The first kappa shape index (κ1) is 16.1. The van der Waals surface area contributed by atoms with Crippen molar-refractivity contribution < 1.29 is 19.0 Å². The Morgan fingerprint density at radius 2 is 2.20 bits per heavy atom. The molecule has 2 aliphatic heterocycles. The molecule has 0 aliphatic carbocycles. The normalized spacial score (nSPS) is 28.0. The third-order valence-electron chi connectivity index (χ3n) is 4.43. The maximum atomic E-state index is 11.7. The molecule has 0 bridgehead atoms. The molecule has 9 heteroatoms. The average Bonchev–Trinajstić information content (AvgIpc) is 3.33. The zero-order chi connectivity index (χ0) is 17.2. The van der Waals surface area contributed by atoms with Gasteiger partial charge in [-0.3, -0.25) is 9.78 Å². The van der Waals surface area contributed by atoms with Gasteiger partial charge in [-0.15, -0.1) is 5.10 Å². The molecule has 4 atom stereocenters. The second-order valence-corrected chi connectivity index (χ2v) is 6.07. The second-order valence-electron chi connectivity index (χ2n) is 6.07. The predicted molar refractivity (Wildman–Crippen MR) is 85.6 cm³/mol. The highest BCUT2D eigenvalue weighted by Gasteiger charge is 2.49. The van der Waals surface area contributed by atoms with E-state index in [1.165, 1.54) is 7.11 Å². The standard InChI is InChI=1S/C16H19N5O4/c1-23-9-14(22)18-12-7-24-16-13(8-25-15(12)16)21-6-11(19-20-21)10-4-2-3-5-17-10/h2-6,12-13,15-16H,7-9H2,1H3,(H,18,22). The number of amides is 1. The molecule has 2 aromatic heterocycles. The Morgan fingerprint density at radius 3 is 3.00 bits per heavy atom. The van der Waals surface area contributed by atoms with Crippen molar-refractivity contribution in [3.05, 3.63) is 30.6 Å². The summed E-state index contributed by atoms with van der Waals surface area (Å²) >= 11 is 0. The van der Waals surface area contributed by atoms with Gasteiger partial charge in [-0.1, -0.05) is 11.3 Å². The van der Waals surface area contributed by atoms with Crippen LogP contribution in [0.5, 0.6) is 0 Å². The summed E-state index contributed by atoms with van der Waals surface area (Å²) in [4.78, 5) is 16.0. The van der Waals surface area contributed by atoms with Crippen molar-refractivity contribution in [2.45, 2.75) is 24.3 Å². The van der Waals surface area contributed by atoms with Gasteiger partial charge in [-0.25, -0.2) is 4.68 Å². The van der Waals surface area contributed by atoms with E-state index in [-0.39, 0.29) is 36.8 Å². The first-order chi connectivity index (χ1) is 12.3. The van der Waals surface area contributed by atoms with E-state index >= 15 is 0 Å². The van der Waals surface area contributed by atoms with Crippen molar-refractivity contribution >= 4 is 5.91 Å². The molecule has 0 spiro atoms. The van der Waals surface area contributed by atoms with Crippen molar-refractivity contribution in [1.82, 2.24) is 25.3 Å². The zero-order valence-electron chi connectivity index (χ0n) is 13.7. The van der Waals surface area contributed by atoms with Crippen LogP contribution in [0.25, 0.3) is 11.4 Å². The molecule has 0 saturated carbocycles. The van der Waals surface area contributed by atoms with Gasteiger partial charge in [0.15, 0.2) is 0 Å². The molecule has 4 rings (SSSR count). The first-order valence-electron chi connectivity index (χ1n) is 8.11. The van der Waals surface area contributed by atoms with Crippen LogP contribution in [0.4, 0.5) is 0 Å². The summed E-state index contributed by atoms with van der Waals surface area (Å²) in [6, 6.07) is 5.38. The Morgan fingerprint density at radius 1 is 1.32 bits per heavy atom. The molecular weight excluding hydrogens is 326 g/mol. The molecule has 2 fully saturated rings. The Bertz CT molecular complexity index is 737. The van der Waals surface area contributed by atoms with Gasteiger partial charge in [-0.05, 0) is 12.1 Å². The fourth-order valence-electron chi connectivity index (χ4n) is 3.28. The van der Waals surface area contributed by atoms with Gasteiger partial charge in [0.1, 0.15) is 30.6 Å². The Hall–Kier alpha value is -2.36. The molecule has 9 nitrogen and oxygen atoms in total. The smallest absolute Gasteiger partial charge is 0.246 e. The van der Waals surface area contributed by atoms with Gasteiger partial charge in [0.2, 0.25) is 5.91 Å². The summed E-state index contributed by atoms with van der Waals surface area (Å²) in [5.74, 6) is -0.179. The van der Waals surface area contributed by atoms with E-state index in [0.29, 0.717) is 18.9 Å². The minimum atomic E-state index is -0.201. The maximum Gasteiger partial charge on any atom is 0.246 e. The topological polar surface area (TPSA) is 100 Å². The summed E-state index contributed by atoms with van der Waals surface area (Å²) in [5.41, 5.74) is 1.47. The highest BCUT2D eigenvalue weighted by Crippen LogP contribution is 2.34. The summed E-state index contributed by atoms with van der Waals surface area (Å²) < 4.78 is 18.3. The van der Waals surface area contributed by atoms with Crippen LogP contribution in [-0.2, 0) is 19.0 Å². The van der Waals surface area contributed by atoms with Crippen molar-refractivity contribution in [2.24, 2.45) is 0 Å². The number of aromatic nitrogens is 4. The monoisotopic (exact) mass is 345 g/mol. The van der Waals surface area contributed by atoms with E-state index in [2.05, 4.69) is 20.6 Å². The largest absolute Gasteiger partial charge is 0.375 e. The van der Waals surface area contributed by atoms with Gasteiger partial charge in [0.05, 0.1) is 31.1 Å². The van der Waals surface area contributed by atoms with E-state index in [4.69, 9.17) is 14.2 Å². The van der Waals surface area contributed by atoms with Gasteiger partial charge in [0.25, 0.3) is 0 Å². The van der Waals surface area contributed by atoms with Crippen LogP contribution in [0.15, 0.2) is 30.6 Å². The highest BCUT2D eigenvalue weighted by molar-refractivity contribution is 5.77. The molecule has 2 aliphatic rings. The van der Waals surface area contributed by atoms with E-state index in [1.807, 2.05) is 24.4 Å². The van der Waals surface area contributed by atoms with Crippen molar-refractivity contribution in [1.29, 1.82) is 0 Å². The third kappa shape index (κ3) is 3.13. The summed E-state index contributed by atoms with van der Waals surface area (Å²) in [7, 11) is 1.49. The molecule has 2 saturated heterocycles. The lowest BCUT2D eigenvalue weighted by atomic mass is 10.1. The quantitative estimate of drug-likeness (QED) is 0.801. The summed E-state index contributed by atoms with van der Waals surface area (Å²) in [6.07, 6.45) is 3.19. The fraction of sp³-hybridized carbons (Fsp3) is 0.500. The van der Waals surface area contributed by atoms with Crippen molar-refractivity contribution in [3.63, 3.8) is 0 Å². The number of ether oxygens (including phenoxy) is 3. The predicted octanol–water partition coefficient (Wildman–Crippen LogP) is -0.190. The Labute approximate surface area is 144 Å². The van der Waals surface area contributed by atoms with Crippen LogP contribution >= 0.6 is 0 Å². The molecular formula is C16H19N5O4. The molecule has 132 valence electrons. The molecule has 1 N–H and O–H groups in total. The maximum absolute atomic E-state index is 11.7. The van der Waals surface area contributed by atoms with E-state index < -0.39 is 0 Å². The van der Waals surface area contributed by atoms with Crippen LogP contribution in [0.2, 0.25) is 0 Å². The highest BCUT2D eigenvalue weighted by atomic mass is 16.6. The van der Waals surface area contributed by atoms with Crippen LogP contribution < -0.4 is 5.32 Å². The number of nitrogens with one attached hydrogen (secondary N) is 1. The van der Waals surface area contributed by atoms with Gasteiger partial charge < -0.3 is 19.5 Å². The van der Waals surface area contributed by atoms with E-state index in [9.17, 15) is 4.79 Å². The molecule has 0 radical (unpaired) electrons. The lowest BCUT2D eigenvalue weighted by molar-refractivity contribution is -0.126. The number of carbonyl (C=O) groups excluding carboxylic acids is 1. The first-order valence-corrected chi connectivity index (χ1v) is 8.11. The minimum Gasteiger partial charge on any atom is -0.375 e. The molecule has 0 aromatic carbocycles. The number of hydrogen-bond acceptors (Lipinski definition) is 7. The lowest BCUT2D eigenvalue weighted by Gasteiger charge is -2.17. The Balaban J connectivity index is 1.45. The van der Waals surface area contributed by atoms with Crippen LogP contribution in [0, 0.1) is 0 Å². The summed E-state index contributed by atoms with van der Waals surface area (Å²) in [6.45, 7) is 0.883. The van der Waals surface area contributed by atoms with Gasteiger partial charge in [0, 0.05) is 13.3 Å². The zero-order valence-corrected chi connectivity index (χ0v) is 13.7. The van der Waals surface area contributed by atoms with Crippen LogP contribution in [-0.4, -0.2) is 71.1 Å². The summed E-state index contributed by atoms with van der Waals surface area (Å²) in [5, 5.41) is 11.3. The van der Waals surface area contributed by atoms with Gasteiger partial charge >= 0.3 is 0 Å². The van der Waals surface area contributed by atoms with E-state index in [1.54, 1.807) is 10.9 Å².